The first-order valence-corrected chi connectivity index (χ1v) is 9.96. The number of benzene rings is 1. The molecule has 1 aliphatic carbocycles. The number of alkyl halides is 4. The van der Waals surface area contributed by atoms with E-state index < -0.39 is 30.5 Å². The number of fused-ring (bicyclic) bond motifs is 1. The molecule has 3 unspecified atom stereocenters. The van der Waals surface area contributed by atoms with Crippen LogP contribution in [0.4, 0.5) is 17.6 Å². The summed E-state index contributed by atoms with van der Waals surface area (Å²) in [4.78, 5) is 0. The molecule has 0 radical (unpaired) electrons. The summed E-state index contributed by atoms with van der Waals surface area (Å²) in [5.74, 6) is -4.67. The Balaban J connectivity index is 1.67. The maximum Gasteiger partial charge on any atom is 0.419 e. The first kappa shape index (κ1) is 21.9. The number of ether oxygens (including phenoxy) is 1. The van der Waals surface area contributed by atoms with Gasteiger partial charge >= 0.3 is 12.0 Å². The molecule has 7 heteroatoms. The predicted molar refractivity (Wildman–Crippen MR) is 106 cm³/mol. The van der Waals surface area contributed by atoms with E-state index in [0.29, 0.717) is 28.8 Å². The molecule has 1 heterocycles. The molecule has 158 valence electrons. The smallest absolute Gasteiger partial charge is 0.381 e. The highest BCUT2D eigenvalue weighted by atomic mass is 35.5. The van der Waals surface area contributed by atoms with Gasteiger partial charge in [0.2, 0.25) is 0 Å². The van der Waals surface area contributed by atoms with E-state index in [-0.39, 0.29) is 0 Å². The van der Waals surface area contributed by atoms with Crippen molar-refractivity contribution >= 4 is 11.6 Å². The van der Waals surface area contributed by atoms with Crippen LogP contribution in [0.2, 0.25) is 5.02 Å². The molecule has 1 N–H and O–H groups in total. The van der Waals surface area contributed by atoms with Gasteiger partial charge in [0.1, 0.15) is 0 Å². The maximum atomic E-state index is 13.6. The molecule has 2 nitrogen and oxygen atoms in total. The number of hydrogen-bond donors (Lipinski definition) is 1. The lowest BCUT2D eigenvalue weighted by Gasteiger charge is -2.40. The van der Waals surface area contributed by atoms with Gasteiger partial charge in [0.05, 0.1) is 6.10 Å². The Morgan fingerprint density at radius 1 is 1.31 bits per heavy atom. The third-order valence-corrected chi connectivity index (χ3v) is 5.72. The summed E-state index contributed by atoms with van der Waals surface area (Å²) >= 11 is 6.22. The summed E-state index contributed by atoms with van der Waals surface area (Å²) in [6.45, 7) is 8.64. The van der Waals surface area contributed by atoms with E-state index in [4.69, 9.17) is 11.6 Å². The monoisotopic (exact) mass is 429 g/mol. The van der Waals surface area contributed by atoms with Crippen molar-refractivity contribution in [1.29, 1.82) is 0 Å². The summed E-state index contributed by atoms with van der Waals surface area (Å²) in [7, 11) is 0. The zero-order valence-corrected chi connectivity index (χ0v) is 17.1. The van der Waals surface area contributed by atoms with Gasteiger partial charge in [0.15, 0.2) is 0 Å². The Bertz CT molecular complexity index is 849. The van der Waals surface area contributed by atoms with Gasteiger partial charge < -0.3 is 10.1 Å². The maximum absolute atomic E-state index is 13.6. The van der Waals surface area contributed by atoms with Crippen molar-refractivity contribution in [1.82, 2.24) is 5.32 Å². The van der Waals surface area contributed by atoms with E-state index in [9.17, 15) is 17.6 Å². The first-order chi connectivity index (χ1) is 13.5. The molecular formula is C22H24ClF4NO. The number of rotatable bonds is 6. The molecule has 2 aliphatic rings. The minimum absolute atomic E-state index is 0.377. The molecule has 1 aromatic rings. The van der Waals surface area contributed by atoms with Gasteiger partial charge in [-0.25, -0.2) is 0 Å². The molecule has 3 rings (SSSR count). The number of hydrogen-bond acceptors (Lipinski definition) is 2. The average Bonchev–Trinajstić information content (AvgIpc) is 2.65. The SMILES string of the molecule is C=C(NCc1cc(Cl)cc(C(C)CC)c1)C1=CC2CC(F)(F)C(F)(F)OC2C=C1. The van der Waals surface area contributed by atoms with Crippen molar-refractivity contribution in [2.75, 3.05) is 0 Å². The van der Waals surface area contributed by atoms with Crippen LogP contribution in [0.25, 0.3) is 0 Å². The summed E-state index contributed by atoms with van der Waals surface area (Å²) in [5.41, 5.74) is 3.22. The summed E-state index contributed by atoms with van der Waals surface area (Å²) in [5, 5.41) is 3.81. The second-order valence-corrected chi connectivity index (χ2v) is 8.12. The molecule has 1 aliphatic heterocycles. The molecule has 1 fully saturated rings. The zero-order chi connectivity index (χ0) is 21.4. The molecule has 1 aromatic carbocycles. The Labute approximate surface area is 173 Å². The van der Waals surface area contributed by atoms with Crippen LogP contribution in [0, 0.1) is 5.92 Å². The lowest BCUT2D eigenvalue weighted by atomic mass is 9.85. The summed E-state index contributed by atoms with van der Waals surface area (Å²) in [6.07, 6.45) is -1.04. The molecule has 3 atom stereocenters. The number of allylic oxidation sites excluding steroid dienone is 1. The van der Waals surface area contributed by atoms with E-state index in [1.165, 1.54) is 12.2 Å². The molecule has 0 amide bonds. The number of halogens is 5. The Morgan fingerprint density at radius 2 is 2.03 bits per heavy atom. The molecule has 29 heavy (non-hydrogen) atoms. The van der Waals surface area contributed by atoms with Crippen LogP contribution < -0.4 is 5.32 Å². The fraction of sp³-hybridized carbons (Fsp3) is 0.455. The Kier molecular flexibility index (Phi) is 6.16. The Hall–Kier alpha value is -1.79. The van der Waals surface area contributed by atoms with Crippen LogP contribution in [0.15, 0.2) is 54.3 Å². The molecule has 0 spiro atoms. The average molecular weight is 430 g/mol. The van der Waals surface area contributed by atoms with Gasteiger partial charge in [-0.3, -0.25) is 0 Å². The summed E-state index contributed by atoms with van der Waals surface area (Å²) in [6, 6.07) is 5.87. The van der Waals surface area contributed by atoms with Crippen molar-refractivity contribution in [3.8, 4) is 0 Å². The third kappa shape index (κ3) is 4.69. The van der Waals surface area contributed by atoms with Gasteiger partial charge in [-0.1, -0.05) is 56.3 Å². The van der Waals surface area contributed by atoms with E-state index in [1.54, 1.807) is 6.08 Å². The lowest BCUT2D eigenvalue weighted by Crippen LogP contribution is -2.53. The Morgan fingerprint density at radius 3 is 2.72 bits per heavy atom. The highest BCUT2D eigenvalue weighted by molar-refractivity contribution is 6.30. The largest absolute Gasteiger partial charge is 0.419 e. The normalized spacial score (nSPS) is 25.7. The molecular weight excluding hydrogens is 406 g/mol. The highest BCUT2D eigenvalue weighted by Gasteiger charge is 2.63. The quantitative estimate of drug-likeness (QED) is 0.515. The second-order valence-electron chi connectivity index (χ2n) is 7.69. The predicted octanol–water partition coefficient (Wildman–Crippen LogP) is 6.59. The van der Waals surface area contributed by atoms with Gasteiger partial charge in [-0.15, -0.1) is 0 Å². The molecule has 0 aromatic heterocycles. The van der Waals surface area contributed by atoms with E-state index in [0.717, 1.165) is 17.5 Å². The molecule has 0 saturated carbocycles. The van der Waals surface area contributed by atoms with Crippen LogP contribution in [-0.4, -0.2) is 18.1 Å². The third-order valence-electron chi connectivity index (χ3n) is 5.50. The minimum atomic E-state index is -4.46. The van der Waals surface area contributed by atoms with Crippen LogP contribution >= 0.6 is 11.6 Å². The zero-order valence-electron chi connectivity index (χ0n) is 16.3. The van der Waals surface area contributed by atoms with Crippen LogP contribution in [-0.2, 0) is 11.3 Å². The number of nitrogens with one attached hydrogen (secondary N) is 1. The van der Waals surface area contributed by atoms with Gasteiger partial charge in [-0.05, 0) is 41.2 Å². The first-order valence-electron chi connectivity index (χ1n) is 9.58. The van der Waals surface area contributed by atoms with E-state index in [2.05, 4.69) is 36.5 Å². The van der Waals surface area contributed by atoms with Crippen LogP contribution in [0.1, 0.15) is 43.7 Å². The minimum Gasteiger partial charge on any atom is -0.381 e. The van der Waals surface area contributed by atoms with Crippen molar-refractivity contribution in [2.45, 2.75) is 57.3 Å². The van der Waals surface area contributed by atoms with E-state index in [1.807, 2.05) is 12.1 Å². The fourth-order valence-electron chi connectivity index (χ4n) is 3.51. The van der Waals surface area contributed by atoms with E-state index >= 15 is 0 Å². The van der Waals surface area contributed by atoms with Crippen LogP contribution in [0.3, 0.4) is 0 Å². The highest BCUT2D eigenvalue weighted by Crippen LogP contribution is 2.48. The molecule has 1 saturated heterocycles. The summed E-state index contributed by atoms with van der Waals surface area (Å²) < 4.78 is 58.4. The molecule has 0 bridgehead atoms. The second kappa shape index (κ2) is 8.15. The van der Waals surface area contributed by atoms with Crippen molar-refractivity contribution in [3.63, 3.8) is 0 Å². The lowest BCUT2D eigenvalue weighted by molar-refractivity contribution is -0.384. The topological polar surface area (TPSA) is 21.3 Å². The fourth-order valence-corrected chi connectivity index (χ4v) is 3.77. The standard InChI is InChI=1S/C22H24ClF4NO/c1-4-13(2)17-7-15(8-19(23)10-17)12-28-14(3)16-5-6-20-18(9-16)11-21(24,25)22(26,27)29-20/h5-10,13,18,20,28H,3-4,11-12H2,1-2H3. The van der Waals surface area contributed by atoms with Crippen molar-refractivity contribution in [2.24, 2.45) is 5.92 Å². The van der Waals surface area contributed by atoms with Crippen molar-refractivity contribution < 1.29 is 22.3 Å². The van der Waals surface area contributed by atoms with Gasteiger partial charge in [-0.2, -0.15) is 17.6 Å². The van der Waals surface area contributed by atoms with Gasteiger partial charge in [0.25, 0.3) is 0 Å². The van der Waals surface area contributed by atoms with Crippen LogP contribution in [0.5, 0.6) is 0 Å². The van der Waals surface area contributed by atoms with Gasteiger partial charge in [0, 0.05) is 29.6 Å². The van der Waals surface area contributed by atoms with Crippen molar-refractivity contribution in [3.05, 3.63) is 70.4 Å².